The number of imide groups is 1. The fraction of sp³-hybridized carbons (Fsp3) is 0.233. The van der Waals surface area contributed by atoms with Crippen LogP contribution in [-0.4, -0.2) is 28.7 Å². The zero-order valence-corrected chi connectivity index (χ0v) is 29.9. The van der Waals surface area contributed by atoms with E-state index < -0.39 is 45.3 Å². The topological polar surface area (TPSA) is 75.7 Å². The number of halogens is 2. The van der Waals surface area contributed by atoms with E-state index in [1.807, 2.05) is 91.9 Å². The number of benzene rings is 5. The molecule has 6 nitrogen and oxygen atoms in total. The third-order valence-corrected chi connectivity index (χ3v) is 11.9. The molecule has 1 N–H and O–H groups in total. The van der Waals surface area contributed by atoms with Gasteiger partial charge in [-0.05, 0) is 82.1 Å². The fourth-order valence-corrected chi connectivity index (χ4v) is 9.40. The van der Waals surface area contributed by atoms with E-state index in [2.05, 4.69) is 31.3 Å². The maximum atomic E-state index is 14.8. The predicted molar refractivity (Wildman–Crippen MR) is 199 cm³/mol. The summed E-state index contributed by atoms with van der Waals surface area (Å²) in [7, 11) is 0. The van der Waals surface area contributed by atoms with E-state index in [0.29, 0.717) is 33.7 Å². The zero-order chi connectivity index (χ0) is 35.7. The number of anilines is 1. The summed E-state index contributed by atoms with van der Waals surface area (Å²) in [6.45, 7) is 6.26. The molecule has 3 atom stereocenters. The number of rotatable bonds is 8. The highest BCUT2D eigenvalue weighted by Gasteiger charge is 2.73. The van der Waals surface area contributed by atoms with Crippen LogP contribution in [0, 0.1) is 18.8 Å². The number of ether oxygens (including phenoxy) is 1. The summed E-state index contributed by atoms with van der Waals surface area (Å²) in [6, 6.07) is 36.4. The van der Waals surface area contributed by atoms with E-state index in [1.165, 1.54) is 0 Å². The van der Waals surface area contributed by atoms with Crippen molar-refractivity contribution < 1.29 is 19.1 Å². The molecule has 1 saturated heterocycles. The number of likely N-dealkylation sites (tertiary alicyclic amines) is 1. The molecule has 0 aromatic heterocycles. The van der Waals surface area contributed by atoms with Crippen LogP contribution >= 0.6 is 23.2 Å². The Bertz CT molecular complexity index is 2080. The molecule has 1 fully saturated rings. The number of nitrogens with zero attached hydrogens (tertiary/aromatic N) is 1. The van der Waals surface area contributed by atoms with Gasteiger partial charge in [0.2, 0.25) is 17.7 Å². The number of alkyl halides is 2. The molecule has 51 heavy (non-hydrogen) atoms. The first-order valence-electron chi connectivity index (χ1n) is 17.2. The van der Waals surface area contributed by atoms with Gasteiger partial charge in [-0.1, -0.05) is 105 Å². The van der Waals surface area contributed by atoms with Gasteiger partial charge >= 0.3 is 0 Å². The normalized spacial score (nSPS) is 23.5. The molecular weight excluding hydrogens is 679 g/mol. The lowest BCUT2D eigenvalue weighted by Gasteiger charge is -2.54. The first-order valence-corrected chi connectivity index (χ1v) is 18.0. The van der Waals surface area contributed by atoms with E-state index in [9.17, 15) is 14.4 Å². The van der Waals surface area contributed by atoms with Crippen molar-refractivity contribution in [3.8, 4) is 11.5 Å². The fourth-order valence-electron chi connectivity index (χ4n) is 8.30. The monoisotopic (exact) mass is 714 g/mol. The molecule has 1 heterocycles. The molecule has 3 aliphatic carbocycles. The van der Waals surface area contributed by atoms with Gasteiger partial charge in [0.15, 0.2) is 0 Å². The van der Waals surface area contributed by atoms with E-state index in [1.54, 1.807) is 24.3 Å². The quantitative estimate of drug-likeness (QED) is 0.129. The minimum Gasteiger partial charge on any atom is -0.457 e. The average Bonchev–Trinajstić information content (AvgIpc) is 3.41. The Morgan fingerprint density at radius 2 is 1.25 bits per heavy atom. The largest absolute Gasteiger partial charge is 0.457 e. The van der Waals surface area contributed by atoms with Crippen molar-refractivity contribution in [3.05, 3.63) is 160 Å². The molecule has 256 valence electrons. The summed E-state index contributed by atoms with van der Waals surface area (Å²) in [4.78, 5) is 42.4. The lowest BCUT2D eigenvalue weighted by molar-refractivity contribution is -0.146. The number of aryl methyl sites for hydroxylation is 1. The molecule has 5 aromatic rings. The summed E-state index contributed by atoms with van der Waals surface area (Å²) in [6.07, 6.45) is 0.112. The third-order valence-electron chi connectivity index (χ3n) is 10.6. The first kappa shape index (κ1) is 33.2. The average molecular weight is 716 g/mol. The van der Waals surface area contributed by atoms with Crippen LogP contribution in [0.3, 0.4) is 0 Å². The number of carbonyl (C=O) groups is 3. The third kappa shape index (κ3) is 5.10. The maximum absolute atomic E-state index is 14.8. The second kappa shape index (κ2) is 12.4. The number of amides is 3. The van der Waals surface area contributed by atoms with Crippen molar-refractivity contribution in [2.75, 3.05) is 5.32 Å². The minimum absolute atomic E-state index is 0.112. The van der Waals surface area contributed by atoms with Gasteiger partial charge < -0.3 is 10.1 Å². The molecular formula is C43H36Cl2N2O4. The lowest BCUT2D eigenvalue weighted by Crippen LogP contribution is -2.57. The summed E-state index contributed by atoms with van der Waals surface area (Å²) in [5.41, 5.74) is 6.33. The van der Waals surface area contributed by atoms with Crippen LogP contribution in [0.25, 0.3) is 0 Å². The van der Waals surface area contributed by atoms with Crippen molar-refractivity contribution in [1.29, 1.82) is 0 Å². The van der Waals surface area contributed by atoms with Gasteiger partial charge in [0.1, 0.15) is 27.3 Å². The summed E-state index contributed by atoms with van der Waals surface area (Å²) >= 11 is 15.3. The molecule has 8 heteroatoms. The summed E-state index contributed by atoms with van der Waals surface area (Å²) < 4.78 is 6.26. The van der Waals surface area contributed by atoms with E-state index >= 15 is 0 Å². The SMILES string of the molecule is Cc1ccc(C(C)C)c(Oc2ccc(NC(=O)[C@H](Cc3ccccc3)N3C(=O)[C@@H]4[C@H](C3=O)C3(Cl)c5ccccc5C4(Cl)c4ccccc43)cc2)c1. The maximum Gasteiger partial charge on any atom is 0.248 e. The molecule has 4 aliphatic rings. The van der Waals surface area contributed by atoms with Crippen LogP contribution in [0.2, 0.25) is 0 Å². The van der Waals surface area contributed by atoms with E-state index in [4.69, 9.17) is 27.9 Å². The Balaban J connectivity index is 1.14. The van der Waals surface area contributed by atoms with Crippen LogP contribution < -0.4 is 10.1 Å². The van der Waals surface area contributed by atoms with Gasteiger partial charge in [-0.15, -0.1) is 23.2 Å². The first-order chi connectivity index (χ1) is 24.5. The lowest BCUT2D eigenvalue weighted by atomic mass is 9.54. The molecule has 9 rings (SSSR count). The second-order valence-electron chi connectivity index (χ2n) is 14.0. The van der Waals surface area contributed by atoms with Crippen LogP contribution in [0.5, 0.6) is 11.5 Å². The Hall–Kier alpha value is -4.91. The number of carbonyl (C=O) groups excluding carboxylic acids is 3. The smallest absolute Gasteiger partial charge is 0.248 e. The van der Waals surface area contributed by atoms with E-state index in [0.717, 1.165) is 27.3 Å². The van der Waals surface area contributed by atoms with Crippen molar-refractivity contribution in [2.45, 2.75) is 48.9 Å². The molecule has 0 unspecified atom stereocenters. The van der Waals surface area contributed by atoms with Gasteiger partial charge in [0.05, 0.1) is 11.8 Å². The van der Waals surface area contributed by atoms with Crippen molar-refractivity contribution >= 4 is 46.6 Å². The summed E-state index contributed by atoms with van der Waals surface area (Å²) in [5.74, 6) is -1.84. The van der Waals surface area contributed by atoms with Crippen molar-refractivity contribution in [2.24, 2.45) is 11.8 Å². The van der Waals surface area contributed by atoms with Crippen LogP contribution in [0.4, 0.5) is 5.69 Å². The highest BCUT2D eigenvalue weighted by Crippen LogP contribution is 2.69. The van der Waals surface area contributed by atoms with Gasteiger partial charge in [-0.3, -0.25) is 19.3 Å². The minimum atomic E-state index is -1.34. The molecule has 5 aromatic carbocycles. The standard InChI is InChI=1S/C43H36Cl2N2O4/c1-25(2)30-22-17-26(3)23-36(30)51-29-20-18-28(19-21-29)46-39(48)35(24-27-11-5-4-6-12-27)47-40(49)37-38(41(47)50)43(45)32-14-8-7-13-31(32)42(37,44)33-15-9-10-16-34(33)43/h4-23,25,35,37-38H,24H2,1-3H3,(H,46,48)/t35-,37-,38+,42?,43?/m0/s1. The van der Waals surface area contributed by atoms with Gasteiger partial charge in [0.25, 0.3) is 0 Å². The number of nitrogens with one attached hydrogen (secondary N) is 1. The Kier molecular flexibility index (Phi) is 8.08. The molecule has 0 spiro atoms. The molecule has 3 amide bonds. The van der Waals surface area contributed by atoms with Gasteiger partial charge in [-0.25, -0.2) is 0 Å². The molecule has 2 bridgehead atoms. The zero-order valence-electron chi connectivity index (χ0n) is 28.4. The van der Waals surface area contributed by atoms with Gasteiger partial charge in [0, 0.05) is 12.1 Å². The van der Waals surface area contributed by atoms with Crippen LogP contribution in [0.15, 0.2) is 121 Å². The van der Waals surface area contributed by atoms with Crippen molar-refractivity contribution in [1.82, 2.24) is 4.90 Å². The Morgan fingerprint density at radius 3 is 1.76 bits per heavy atom. The highest BCUT2D eigenvalue weighted by molar-refractivity contribution is 6.36. The summed E-state index contributed by atoms with van der Waals surface area (Å²) in [5, 5.41) is 2.98. The highest BCUT2D eigenvalue weighted by atomic mass is 35.5. The second-order valence-corrected chi connectivity index (χ2v) is 15.2. The molecule has 0 saturated carbocycles. The Labute approximate surface area is 307 Å². The van der Waals surface area contributed by atoms with E-state index in [-0.39, 0.29) is 12.3 Å². The van der Waals surface area contributed by atoms with Crippen LogP contribution in [0.1, 0.15) is 58.7 Å². The number of hydrogen-bond acceptors (Lipinski definition) is 4. The Morgan fingerprint density at radius 1 is 0.745 bits per heavy atom. The number of hydrogen-bond donors (Lipinski definition) is 1. The van der Waals surface area contributed by atoms with Gasteiger partial charge in [-0.2, -0.15) is 0 Å². The molecule has 1 aliphatic heterocycles. The van der Waals surface area contributed by atoms with Crippen molar-refractivity contribution in [3.63, 3.8) is 0 Å². The van der Waals surface area contributed by atoms with Crippen LogP contribution in [-0.2, 0) is 30.6 Å². The molecule has 0 radical (unpaired) electrons. The predicted octanol–water partition coefficient (Wildman–Crippen LogP) is 9.05.